The van der Waals surface area contributed by atoms with Crippen LogP contribution in [-0.2, 0) is 4.79 Å². The molecule has 0 amide bonds. The van der Waals surface area contributed by atoms with Crippen molar-refractivity contribution >= 4 is 11.5 Å². The van der Waals surface area contributed by atoms with Crippen LogP contribution in [0.1, 0.15) is 18.9 Å². The number of ketones is 1. The highest BCUT2D eigenvalue weighted by atomic mass is 16.1. The molecule has 0 saturated heterocycles. The van der Waals surface area contributed by atoms with Gasteiger partial charge in [0, 0.05) is 13.5 Å². The summed E-state index contributed by atoms with van der Waals surface area (Å²) in [5, 5.41) is 8.90. The summed E-state index contributed by atoms with van der Waals surface area (Å²) >= 11 is 0. The summed E-state index contributed by atoms with van der Waals surface area (Å²) in [5.41, 5.74) is 1.41. The molecule has 0 aliphatic rings. The van der Waals surface area contributed by atoms with E-state index < -0.39 is 0 Å². The lowest BCUT2D eigenvalue weighted by Crippen LogP contribution is -2.25. The molecule has 0 aliphatic carbocycles. The van der Waals surface area contributed by atoms with Crippen LogP contribution in [0.3, 0.4) is 0 Å². The van der Waals surface area contributed by atoms with Gasteiger partial charge in [-0.05, 0) is 12.1 Å². The molecular formula is C12H14N2O. The first kappa shape index (κ1) is 11.3. The normalized spacial score (nSPS) is 9.40. The van der Waals surface area contributed by atoms with E-state index in [0.29, 0.717) is 18.5 Å². The Balaban J connectivity index is 2.87. The molecular weight excluding hydrogens is 188 g/mol. The molecule has 3 nitrogen and oxygen atoms in total. The Kier molecular flexibility index (Phi) is 3.87. The lowest BCUT2D eigenvalue weighted by Gasteiger charge is -2.19. The number of carbonyl (C=O) groups is 1. The third kappa shape index (κ3) is 2.81. The number of benzene rings is 1. The number of nitrogens with zero attached hydrogens (tertiary/aromatic N) is 2. The third-order valence-corrected chi connectivity index (χ3v) is 2.24. The van der Waals surface area contributed by atoms with Crippen LogP contribution in [-0.4, -0.2) is 19.4 Å². The van der Waals surface area contributed by atoms with Gasteiger partial charge in [0.15, 0.2) is 5.78 Å². The van der Waals surface area contributed by atoms with Gasteiger partial charge in [-0.25, -0.2) is 0 Å². The summed E-state index contributed by atoms with van der Waals surface area (Å²) in [7, 11) is 1.82. The van der Waals surface area contributed by atoms with Gasteiger partial charge in [0.05, 0.1) is 17.8 Å². The summed E-state index contributed by atoms with van der Waals surface area (Å²) in [6.45, 7) is 2.20. The first-order valence-corrected chi connectivity index (χ1v) is 4.91. The number of rotatable bonds is 4. The van der Waals surface area contributed by atoms with E-state index in [9.17, 15) is 4.79 Å². The van der Waals surface area contributed by atoms with Crippen molar-refractivity contribution in [1.29, 1.82) is 5.26 Å². The molecule has 15 heavy (non-hydrogen) atoms. The minimum atomic E-state index is 0.172. The molecule has 0 radical (unpaired) electrons. The maximum atomic E-state index is 11.3. The number of carbonyl (C=O) groups excluding carboxylic acids is 1. The smallest absolute Gasteiger partial charge is 0.151 e. The SMILES string of the molecule is CCC(=O)CN(C)c1ccccc1C#N. The van der Waals surface area contributed by atoms with Gasteiger partial charge in [-0.15, -0.1) is 0 Å². The van der Waals surface area contributed by atoms with Crippen LogP contribution in [0.2, 0.25) is 0 Å². The van der Waals surface area contributed by atoms with Gasteiger partial charge in [-0.1, -0.05) is 19.1 Å². The second-order valence-corrected chi connectivity index (χ2v) is 3.38. The van der Waals surface area contributed by atoms with E-state index in [-0.39, 0.29) is 5.78 Å². The Morgan fingerprint density at radius 1 is 1.47 bits per heavy atom. The Morgan fingerprint density at radius 3 is 2.73 bits per heavy atom. The van der Waals surface area contributed by atoms with Crippen LogP contribution in [0.4, 0.5) is 5.69 Å². The van der Waals surface area contributed by atoms with Crippen LogP contribution in [0, 0.1) is 11.3 Å². The maximum absolute atomic E-state index is 11.3. The van der Waals surface area contributed by atoms with Gasteiger partial charge in [-0.2, -0.15) is 5.26 Å². The molecule has 3 heteroatoms. The number of para-hydroxylation sites is 1. The molecule has 0 aliphatic heterocycles. The molecule has 0 atom stereocenters. The third-order valence-electron chi connectivity index (χ3n) is 2.24. The molecule has 1 rings (SSSR count). The average Bonchev–Trinajstić information content (AvgIpc) is 2.28. The van der Waals surface area contributed by atoms with Crippen molar-refractivity contribution in [2.75, 3.05) is 18.5 Å². The van der Waals surface area contributed by atoms with E-state index >= 15 is 0 Å². The fourth-order valence-electron chi connectivity index (χ4n) is 1.36. The zero-order valence-electron chi connectivity index (χ0n) is 9.03. The van der Waals surface area contributed by atoms with Crippen LogP contribution in [0.15, 0.2) is 24.3 Å². The van der Waals surface area contributed by atoms with Gasteiger partial charge in [0.1, 0.15) is 6.07 Å². The Hall–Kier alpha value is -1.82. The molecule has 0 saturated carbocycles. The first-order chi connectivity index (χ1) is 7.19. The highest BCUT2D eigenvalue weighted by Crippen LogP contribution is 2.17. The van der Waals surface area contributed by atoms with Crippen molar-refractivity contribution < 1.29 is 4.79 Å². The summed E-state index contributed by atoms with van der Waals surface area (Å²) in [4.78, 5) is 13.1. The van der Waals surface area contributed by atoms with E-state index in [1.165, 1.54) is 0 Å². The topological polar surface area (TPSA) is 44.1 Å². The van der Waals surface area contributed by atoms with Gasteiger partial charge in [0.25, 0.3) is 0 Å². The standard InChI is InChI=1S/C12H14N2O/c1-3-11(15)9-14(2)12-7-5-4-6-10(12)8-13/h4-7H,3,9H2,1-2H3. The fourth-order valence-corrected chi connectivity index (χ4v) is 1.36. The highest BCUT2D eigenvalue weighted by Gasteiger charge is 2.08. The van der Waals surface area contributed by atoms with Crippen LogP contribution >= 0.6 is 0 Å². The Bertz CT molecular complexity index is 393. The first-order valence-electron chi connectivity index (χ1n) is 4.91. The number of likely N-dealkylation sites (N-methyl/N-ethyl adjacent to an activating group) is 1. The molecule has 0 bridgehead atoms. The highest BCUT2D eigenvalue weighted by molar-refractivity contribution is 5.83. The number of nitriles is 1. The molecule has 0 unspecified atom stereocenters. The summed E-state index contributed by atoms with van der Waals surface area (Å²) in [6.07, 6.45) is 0.527. The predicted molar refractivity (Wildman–Crippen MR) is 59.7 cm³/mol. The van der Waals surface area contributed by atoms with E-state index in [1.807, 2.05) is 37.1 Å². The molecule has 0 aromatic heterocycles. The number of Topliss-reactive ketones (excluding diaryl/α,β-unsaturated/α-hetero) is 1. The zero-order valence-corrected chi connectivity index (χ0v) is 9.03. The second kappa shape index (κ2) is 5.16. The van der Waals surface area contributed by atoms with E-state index in [4.69, 9.17) is 5.26 Å². The fraction of sp³-hybridized carbons (Fsp3) is 0.333. The van der Waals surface area contributed by atoms with Gasteiger partial charge in [0.2, 0.25) is 0 Å². The maximum Gasteiger partial charge on any atom is 0.151 e. The van der Waals surface area contributed by atoms with Crippen molar-refractivity contribution in [2.24, 2.45) is 0 Å². The van der Waals surface area contributed by atoms with Gasteiger partial charge >= 0.3 is 0 Å². The lowest BCUT2D eigenvalue weighted by molar-refractivity contribution is -0.117. The van der Waals surface area contributed by atoms with E-state index in [2.05, 4.69) is 6.07 Å². The molecule has 0 spiro atoms. The molecule has 0 fully saturated rings. The summed E-state index contributed by atoms with van der Waals surface area (Å²) in [5.74, 6) is 0.172. The van der Waals surface area contributed by atoms with Crippen molar-refractivity contribution in [3.63, 3.8) is 0 Å². The largest absolute Gasteiger partial charge is 0.366 e. The minimum Gasteiger partial charge on any atom is -0.366 e. The minimum absolute atomic E-state index is 0.172. The van der Waals surface area contributed by atoms with Crippen molar-refractivity contribution in [3.8, 4) is 6.07 Å². The van der Waals surface area contributed by atoms with Crippen molar-refractivity contribution in [3.05, 3.63) is 29.8 Å². The van der Waals surface area contributed by atoms with Gasteiger partial charge < -0.3 is 4.90 Å². The molecule has 0 N–H and O–H groups in total. The average molecular weight is 202 g/mol. The quantitative estimate of drug-likeness (QED) is 0.749. The number of hydrogen-bond donors (Lipinski definition) is 0. The molecule has 0 heterocycles. The van der Waals surface area contributed by atoms with Crippen molar-refractivity contribution in [2.45, 2.75) is 13.3 Å². The molecule has 78 valence electrons. The Labute approximate surface area is 89.9 Å². The number of hydrogen-bond acceptors (Lipinski definition) is 3. The molecule has 1 aromatic rings. The second-order valence-electron chi connectivity index (χ2n) is 3.38. The Morgan fingerprint density at radius 2 is 2.13 bits per heavy atom. The summed E-state index contributed by atoms with van der Waals surface area (Å²) < 4.78 is 0. The molecule has 1 aromatic carbocycles. The monoisotopic (exact) mass is 202 g/mol. The van der Waals surface area contributed by atoms with Crippen LogP contribution < -0.4 is 4.90 Å². The lowest BCUT2D eigenvalue weighted by atomic mass is 10.1. The van der Waals surface area contributed by atoms with Crippen LogP contribution in [0.5, 0.6) is 0 Å². The van der Waals surface area contributed by atoms with E-state index in [1.54, 1.807) is 6.07 Å². The van der Waals surface area contributed by atoms with Crippen molar-refractivity contribution in [1.82, 2.24) is 0 Å². The number of anilines is 1. The predicted octanol–water partition coefficient (Wildman–Crippen LogP) is 1.97. The summed E-state index contributed by atoms with van der Waals surface area (Å²) in [6, 6.07) is 9.40. The zero-order chi connectivity index (χ0) is 11.3. The van der Waals surface area contributed by atoms with E-state index in [0.717, 1.165) is 5.69 Å². The van der Waals surface area contributed by atoms with Crippen LogP contribution in [0.25, 0.3) is 0 Å². The van der Waals surface area contributed by atoms with Gasteiger partial charge in [-0.3, -0.25) is 4.79 Å².